The van der Waals surface area contributed by atoms with E-state index in [-0.39, 0.29) is 18.2 Å². The molecule has 30 heavy (non-hydrogen) atoms. The van der Waals surface area contributed by atoms with Crippen molar-refractivity contribution >= 4 is 29.4 Å². The number of nitrogens with zero attached hydrogens (tertiary/aromatic N) is 4. The average Bonchev–Trinajstić information content (AvgIpc) is 3.41. The number of H-pyrrole nitrogens is 1. The molecule has 158 valence electrons. The quantitative estimate of drug-likeness (QED) is 0.784. The standard InChI is InChI=1S/C20H24N6O4/c27-17-10-13(12-26(17)14-4-5-15-16(11-14)30-9-8-29-15)18(28)21-19-22-20(24-23-19)25-6-2-1-3-7-25/h4-5,11,13H,1-3,6-10,12H2,(H2,21,22,23,24,28). The third-order valence-electron chi connectivity index (χ3n) is 5.69. The van der Waals surface area contributed by atoms with Crippen LogP contribution in [-0.4, -0.2) is 59.8 Å². The van der Waals surface area contributed by atoms with Crippen molar-refractivity contribution < 1.29 is 19.1 Å². The van der Waals surface area contributed by atoms with E-state index in [4.69, 9.17) is 9.47 Å². The molecule has 1 unspecified atom stereocenters. The number of aromatic nitrogens is 3. The number of nitrogens with one attached hydrogen (secondary N) is 2. The molecule has 2 N–H and O–H groups in total. The van der Waals surface area contributed by atoms with Gasteiger partial charge < -0.3 is 19.3 Å². The number of carbonyl (C=O) groups is 2. The van der Waals surface area contributed by atoms with Gasteiger partial charge in [0.15, 0.2) is 11.5 Å². The van der Waals surface area contributed by atoms with E-state index in [1.54, 1.807) is 17.0 Å². The van der Waals surface area contributed by atoms with Crippen LogP contribution in [0.3, 0.4) is 0 Å². The van der Waals surface area contributed by atoms with E-state index >= 15 is 0 Å². The lowest BCUT2D eigenvalue weighted by Crippen LogP contribution is -2.30. The largest absolute Gasteiger partial charge is 0.486 e. The molecule has 2 saturated heterocycles. The Bertz CT molecular complexity index is 955. The van der Waals surface area contributed by atoms with Gasteiger partial charge in [0.1, 0.15) is 13.2 Å². The summed E-state index contributed by atoms with van der Waals surface area (Å²) in [5.41, 5.74) is 0.701. The molecule has 1 aromatic heterocycles. The van der Waals surface area contributed by atoms with E-state index in [2.05, 4.69) is 25.4 Å². The molecular formula is C20H24N6O4. The van der Waals surface area contributed by atoms with Gasteiger partial charge in [-0.15, -0.1) is 5.10 Å². The third kappa shape index (κ3) is 3.64. The van der Waals surface area contributed by atoms with Crippen LogP contribution in [0.15, 0.2) is 18.2 Å². The molecule has 0 aliphatic carbocycles. The predicted octanol–water partition coefficient (Wildman–Crippen LogP) is 1.56. The molecule has 2 amide bonds. The van der Waals surface area contributed by atoms with Crippen LogP contribution in [0, 0.1) is 5.92 Å². The molecule has 2 aromatic rings. The van der Waals surface area contributed by atoms with Gasteiger partial charge in [0.2, 0.25) is 23.7 Å². The van der Waals surface area contributed by atoms with Crippen LogP contribution in [0.4, 0.5) is 17.6 Å². The molecular weight excluding hydrogens is 388 g/mol. The summed E-state index contributed by atoms with van der Waals surface area (Å²) in [6, 6.07) is 5.39. The van der Waals surface area contributed by atoms with Crippen molar-refractivity contribution in [1.82, 2.24) is 15.2 Å². The molecule has 0 saturated carbocycles. The number of amides is 2. The Morgan fingerprint density at radius 1 is 1.13 bits per heavy atom. The Kier molecular flexibility index (Phi) is 4.89. The normalized spacial score (nSPS) is 21.1. The lowest BCUT2D eigenvalue weighted by Gasteiger charge is -2.24. The second-order valence-electron chi connectivity index (χ2n) is 7.75. The molecule has 1 aromatic carbocycles. The van der Waals surface area contributed by atoms with E-state index in [0.29, 0.717) is 48.8 Å². The highest BCUT2D eigenvalue weighted by atomic mass is 16.6. The zero-order valence-corrected chi connectivity index (χ0v) is 16.6. The summed E-state index contributed by atoms with van der Waals surface area (Å²) in [6.07, 6.45) is 3.61. The lowest BCUT2D eigenvalue weighted by molar-refractivity contribution is -0.122. The Labute approximate surface area is 173 Å². The number of anilines is 3. The highest BCUT2D eigenvalue weighted by Gasteiger charge is 2.36. The Balaban J connectivity index is 1.23. The minimum atomic E-state index is -0.464. The summed E-state index contributed by atoms with van der Waals surface area (Å²) in [7, 11) is 0. The van der Waals surface area contributed by atoms with Gasteiger partial charge in [-0.05, 0) is 31.4 Å². The predicted molar refractivity (Wildman–Crippen MR) is 109 cm³/mol. The van der Waals surface area contributed by atoms with Crippen molar-refractivity contribution in [3.8, 4) is 11.5 Å². The molecule has 0 radical (unpaired) electrons. The third-order valence-corrected chi connectivity index (χ3v) is 5.69. The van der Waals surface area contributed by atoms with E-state index in [1.807, 2.05) is 6.07 Å². The number of fused-ring (bicyclic) bond motifs is 1. The summed E-state index contributed by atoms with van der Waals surface area (Å²) >= 11 is 0. The van der Waals surface area contributed by atoms with E-state index in [1.165, 1.54) is 6.42 Å². The minimum Gasteiger partial charge on any atom is -0.486 e. The zero-order valence-electron chi connectivity index (χ0n) is 16.6. The highest BCUT2D eigenvalue weighted by molar-refractivity contribution is 6.03. The van der Waals surface area contributed by atoms with Gasteiger partial charge in [0.05, 0.1) is 5.92 Å². The molecule has 0 bridgehead atoms. The summed E-state index contributed by atoms with van der Waals surface area (Å²) in [6.45, 7) is 3.14. The molecule has 10 heteroatoms. The van der Waals surface area contributed by atoms with Gasteiger partial charge >= 0.3 is 0 Å². The monoisotopic (exact) mass is 412 g/mol. The molecule has 3 aliphatic heterocycles. The Morgan fingerprint density at radius 3 is 2.77 bits per heavy atom. The van der Waals surface area contributed by atoms with Gasteiger partial charge in [0, 0.05) is 37.8 Å². The first-order chi connectivity index (χ1) is 14.7. The van der Waals surface area contributed by atoms with Crippen LogP contribution in [0.1, 0.15) is 25.7 Å². The first-order valence-corrected chi connectivity index (χ1v) is 10.4. The van der Waals surface area contributed by atoms with Crippen molar-refractivity contribution in [2.75, 3.05) is 48.0 Å². The first-order valence-electron chi connectivity index (χ1n) is 10.4. The average molecular weight is 412 g/mol. The maximum absolute atomic E-state index is 12.7. The number of aromatic amines is 1. The van der Waals surface area contributed by atoms with E-state index < -0.39 is 5.92 Å². The molecule has 3 aliphatic rings. The van der Waals surface area contributed by atoms with Gasteiger partial charge in [-0.1, -0.05) is 0 Å². The van der Waals surface area contributed by atoms with Crippen LogP contribution in [0.5, 0.6) is 11.5 Å². The summed E-state index contributed by atoms with van der Waals surface area (Å²) in [5, 5.41) is 9.76. The summed E-state index contributed by atoms with van der Waals surface area (Å²) in [4.78, 5) is 33.4. The topological polar surface area (TPSA) is 113 Å². The van der Waals surface area contributed by atoms with Crippen LogP contribution in [-0.2, 0) is 9.59 Å². The maximum Gasteiger partial charge on any atom is 0.246 e. The lowest BCUT2D eigenvalue weighted by atomic mass is 10.1. The molecule has 0 spiro atoms. The zero-order chi connectivity index (χ0) is 20.5. The van der Waals surface area contributed by atoms with Crippen LogP contribution >= 0.6 is 0 Å². The van der Waals surface area contributed by atoms with Gasteiger partial charge in [-0.25, -0.2) is 5.10 Å². The Morgan fingerprint density at radius 2 is 1.93 bits per heavy atom. The number of hydrogen-bond acceptors (Lipinski definition) is 7. The van der Waals surface area contributed by atoms with Crippen LogP contribution in [0.25, 0.3) is 0 Å². The van der Waals surface area contributed by atoms with Crippen molar-refractivity contribution in [2.45, 2.75) is 25.7 Å². The van der Waals surface area contributed by atoms with E-state index in [0.717, 1.165) is 25.9 Å². The SMILES string of the molecule is O=C(Nc1nc(N2CCCCC2)n[nH]1)C1CC(=O)N(c2ccc3c(c2)OCCO3)C1. The minimum absolute atomic E-state index is 0.0987. The van der Waals surface area contributed by atoms with Gasteiger partial charge in [-0.2, -0.15) is 4.98 Å². The van der Waals surface area contributed by atoms with E-state index in [9.17, 15) is 9.59 Å². The second kappa shape index (κ2) is 7.85. The summed E-state index contributed by atoms with van der Waals surface area (Å²) < 4.78 is 11.1. The highest BCUT2D eigenvalue weighted by Crippen LogP contribution is 2.36. The molecule has 4 heterocycles. The number of carbonyl (C=O) groups excluding carboxylic acids is 2. The number of benzene rings is 1. The number of piperidine rings is 1. The van der Waals surface area contributed by atoms with Crippen molar-refractivity contribution in [3.05, 3.63) is 18.2 Å². The number of hydrogen-bond donors (Lipinski definition) is 2. The molecule has 1 atom stereocenters. The van der Waals surface area contributed by atoms with Crippen molar-refractivity contribution in [2.24, 2.45) is 5.92 Å². The van der Waals surface area contributed by atoms with Crippen molar-refractivity contribution in [3.63, 3.8) is 0 Å². The molecule has 2 fully saturated rings. The summed E-state index contributed by atoms with van der Waals surface area (Å²) in [5.74, 6) is 1.39. The van der Waals surface area contributed by atoms with Crippen molar-refractivity contribution in [1.29, 1.82) is 0 Å². The molecule has 10 nitrogen and oxygen atoms in total. The second-order valence-corrected chi connectivity index (χ2v) is 7.75. The fourth-order valence-corrected chi connectivity index (χ4v) is 4.10. The number of ether oxygens (including phenoxy) is 2. The maximum atomic E-state index is 12.7. The fourth-order valence-electron chi connectivity index (χ4n) is 4.10. The first kappa shape index (κ1) is 18.7. The van der Waals surface area contributed by atoms with Gasteiger partial charge in [0.25, 0.3) is 0 Å². The van der Waals surface area contributed by atoms with Crippen LogP contribution in [0.2, 0.25) is 0 Å². The smallest absolute Gasteiger partial charge is 0.246 e. The van der Waals surface area contributed by atoms with Gasteiger partial charge in [-0.3, -0.25) is 14.9 Å². The fraction of sp³-hybridized carbons (Fsp3) is 0.500. The van der Waals surface area contributed by atoms with Crippen LogP contribution < -0.4 is 24.6 Å². The number of rotatable bonds is 4. The molecule has 5 rings (SSSR count). The Hall–Kier alpha value is -3.30.